The highest BCUT2D eigenvalue weighted by Crippen LogP contribution is 2.28. The minimum Gasteiger partial charge on any atom is -0.348 e. The van der Waals surface area contributed by atoms with Crippen molar-refractivity contribution in [1.82, 2.24) is 5.32 Å². The van der Waals surface area contributed by atoms with Crippen LogP contribution in [-0.4, -0.2) is 23.5 Å². The minimum absolute atomic E-state index is 0.0466. The van der Waals surface area contributed by atoms with Gasteiger partial charge in [-0.15, -0.1) is 0 Å². The van der Waals surface area contributed by atoms with Crippen LogP contribution in [0, 0.1) is 6.92 Å². The van der Waals surface area contributed by atoms with Gasteiger partial charge in [-0.2, -0.15) is 11.8 Å². The van der Waals surface area contributed by atoms with Gasteiger partial charge < -0.3 is 5.32 Å². The molecule has 18 heavy (non-hydrogen) atoms. The van der Waals surface area contributed by atoms with Gasteiger partial charge in [0.05, 0.1) is 0 Å². The number of hydrogen-bond acceptors (Lipinski definition) is 2. The number of amides is 1. The van der Waals surface area contributed by atoms with E-state index < -0.39 is 0 Å². The number of benzene rings is 1. The number of carbonyl (C=O) groups is 1. The molecule has 0 radical (unpaired) electrons. The van der Waals surface area contributed by atoms with Crippen LogP contribution in [0.1, 0.15) is 35.2 Å². The van der Waals surface area contributed by atoms with Crippen molar-refractivity contribution >= 4 is 33.6 Å². The Balaban J connectivity index is 2.07. The fraction of sp³-hybridized carbons (Fsp3) is 0.500. The lowest BCUT2D eigenvalue weighted by molar-refractivity contribution is 0.0938. The molecule has 1 aromatic carbocycles. The number of hydrogen-bond donors (Lipinski definition) is 1. The van der Waals surface area contributed by atoms with Crippen molar-refractivity contribution in [2.45, 2.75) is 37.5 Å². The van der Waals surface area contributed by atoms with Crippen molar-refractivity contribution in [2.24, 2.45) is 0 Å². The molecule has 4 heteroatoms. The van der Waals surface area contributed by atoms with Crippen LogP contribution in [0.5, 0.6) is 0 Å². The molecule has 0 aromatic heterocycles. The molecule has 1 aliphatic carbocycles. The largest absolute Gasteiger partial charge is 0.348 e. The highest BCUT2D eigenvalue weighted by Gasteiger charge is 2.27. The number of halogens is 1. The van der Waals surface area contributed by atoms with Crippen LogP contribution >= 0.6 is 27.7 Å². The van der Waals surface area contributed by atoms with Crippen LogP contribution in [0.2, 0.25) is 0 Å². The molecule has 98 valence electrons. The van der Waals surface area contributed by atoms with Crippen LogP contribution in [0.15, 0.2) is 22.7 Å². The monoisotopic (exact) mass is 327 g/mol. The SMILES string of the molecule is CSC1CCCC1NC(=O)c1cc(C)cc(Br)c1. The molecule has 0 spiro atoms. The van der Waals surface area contributed by atoms with E-state index in [9.17, 15) is 4.79 Å². The van der Waals surface area contributed by atoms with E-state index in [1.165, 1.54) is 12.8 Å². The summed E-state index contributed by atoms with van der Waals surface area (Å²) in [5.74, 6) is 0.0466. The molecular weight excluding hydrogens is 310 g/mol. The fourth-order valence-corrected chi connectivity index (χ4v) is 4.04. The number of thioether (sulfide) groups is 1. The maximum atomic E-state index is 12.2. The van der Waals surface area contributed by atoms with Crippen molar-refractivity contribution in [2.75, 3.05) is 6.26 Å². The van der Waals surface area contributed by atoms with Gasteiger partial charge in [-0.1, -0.05) is 22.4 Å². The summed E-state index contributed by atoms with van der Waals surface area (Å²) < 4.78 is 0.959. The minimum atomic E-state index is 0.0466. The number of nitrogens with one attached hydrogen (secondary N) is 1. The molecule has 2 unspecified atom stereocenters. The van der Waals surface area contributed by atoms with E-state index in [4.69, 9.17) is 0 Å². The molecule has 2 nitrogen and oxygen atoms in total. The standard InChI is InChI=1S/C14H18BrNOS/c1-9-6-10(8-11(15)7-9)14(17)16-12-4-3-5-13(12)18-2/h6-8,12-13H,3-5H2,1-2H3,(H,16,17). The van der Waals surface area contributed by atoms with E-state index in [1.807, 2.05) is 36.9 Å². The van der Waals surface area contributed by atoms with E-state index in [2.05, 4.69) is 27.5 Å². The van der Waals surface area contributed by atoms with E-state index in [-0.39, 0.29) is 5.91 Å². The molecule has 2 rings (SSSR count). The summed E-state index contributed by atoms with van der Waals surface area (Å²) in [6, 6.07) is 6.15. The zero-order valence-corrected chi connectivity index (χ0v) is 13.1. The average molecular weight is 328 g/mol. The van der Waals surface area contributed by atoms with E-state index in [1.54, 1.807) is 0 Å². The van der Waals surface area contributed by atoms with E-state index in [0.717, 1.165) is 22.0 Å². The van der Waals surface area contributed by atoms with Crippen LogP contribution in [0.3, 0.4) is 0 Å². The van der Waals surface area contributed by atoms with Crippen LogP contribution in [-0.2, 0) is 0 Å². The Morgan fingerprint density at radius 2 is 2.17 bits per heavy atom. The highest BCUT2D eigenvalue weighted by atomic mass is 79.9. The first-order chi connectivity index (χ1) is 8.60. The molecule has 1 aromatic rings. The molecule has 1 amide bonds. The smallest absolute Gasteiger partial charge is 0.251 e. The zero-order chi connectivity index (χ0) is 13.1. The lowest BCUT2D eigenvalue weighted by Crippen LogP contribution is -2.38. The maximum Gasteiger partial charge on any atom is 0.251 e. The Hall–Kier alpha value is -0.480. The quantitative estimate of drug-likeness (QED) is 0.915. The van der Waals surface area contributed by atoms with E-state index >= 15 is 0 Å². The third-order valence-corrected chi connectivity index (χ3v) is 5.00. The van der Waals surface area contributed by atoms with Gasteiger partial charge in [0.1, 0.15) is 0 Å². The third kappa shape index (κ3) is 3.29. The summed E-state index contributed by atoms with van der Waals surface area (Å²) in [5.41, 5.74) is 1.84. The van der Waals surface area contributed by atoms with Gasteiger partial charge in [-0.3, -0.25) is 4.79 Å². The average Bonchev–Trinajstić information content (AvgIpc) is 2.75. The van der Waals surface area contributed by atoms with Crippen molar-refractivity contribution in [1.29, 1.82) is 0 Å². The summed E-state index contributed by atoms with van der Waals surface area (Å²) in [6.07, 6.45) is 5.65. The Morgan fingerprint density at radius 3 is 2.83 bits per heavy atom. The predicted molar refractivity (Wildman–Crippen MR) is 81.3 cm³/mol. The lowest BCUT2D eigenvalue weighted by Gasteiger charge is -2.19. The number of aryl methyl sites for hydroxylation is 1. The third-order valence-electron chi connectivity index (χ3n) is 3.38. The molecule has 1 saturated carbocycles. The molecule has 1 N–H and O–H groups in total. The Labute approximate surface area is 121 Å². The van der Waals surface area contributed by atoms with Crippen molar-refractivity contribution < 1.29 is 4.79 Å². The predicted octanol–water partition coefficient (Wildman–Crippen LogP) is 3.77. The molecule has 2 atom stereocenters. The van der Waals surface area contributed by atoms with Gasteiger partial charge in [0, 0.05) is 21.3 Å². The maximum absolute atomic E-state index is 12.2. The highest BCUT2D eigenvalue weighted by molar-refractivity contribution is 9.10. The summed E-state index contributed by atoms with van der Waals surface area (Å²) in [6.45, 7) is 2.00. The summed E-state index contributed by atoms with van der Waals surface area (Å²) >= 11 is 5.30. The summed E-state index contributed by atoms with van der Waals surface area (Å²) in [5, 5.41) is 3.74. The van der Waals surface area contributed by atoms with E-state index in [0.29, 0.717) is 11.3 Å². The molecule has 0 heterocycles. The molecule has 0 aliphatic heterocycles. The Morgan fingerprint density at radius 1 is 1.39 bits per heavy atom. The van der Waals surface area contributed by atoms with Crippen LogP contribution in [0.25, 0.3) is 0 Å². The van der Waals surface area contributed by atoms with Gasteiger partial charge in [0.15, 0.2) is 0 Å². The first kappa shape index (κ1) is 13.9. The zero-order valence-electron chi connectivity index (χ0n) is 10.7. The van der Waals surface area contributed by atoms with Gasteiger partial charge in [-0.25, -0.2) is 0 Å². The normalized spacial score (nSPS) is 23.1. The Bertz CT molecular complexity index is 429. The van der Waals surface area contributed by atoms with Crippen molar-refractivity contribution in [3.8, 4) is 0 Å². The van der Waals surface area contributed by atoms with Crippen molar-refractivity contribution in [3.05, 3.63) is 33.8 Å². The second kappa shape index (κ2) is 6.11. The number of carbonyl (C=O) groups excluding carboxylic acids is 1. The molecular formula is C14H18BrNOS. The number of rotatable bonds is 3. The molecule has 1 aliphatic rings. The molecule has 0 saturated heterocycles. The summed E-state index contributed by atoms with van der Waals surface area (Å²) in [7, 11) is 0. The Kier molecular flexibility index (Phi) is 4.73. The van der Waals surface area contributed by atoms with Gasteiger partial charge in [0.25, 0.3) is 5.91 Å². The first-order valence-corrected chi connectivity index (χ1v) is 8.29. The molecule has 1 fully saturated rings. The second-order valence-electron chi connectivity index (χ2n) is 4.80. The van der Waals surface area contributed by atoms with Gasteiger partial charge in [0.2, 0.25) is 0 Å². The van der Waals surface area contributed by atoms with Gasteiger partial charge >= 0.3 is 0 Å². The first-order valence-electron chi connectivity index (χ1n) is 6.21. The summed E-state index contributed by atoms with van der Waals surface area (Å²) in [4.78, 5) is 12.2. The van der Waals surface area contributed by atoms with Gasteiger partial charge in [-0.05, 0) is 49.8 Å². The lowest BCUT2D eigenvalue weighted by atomic mass is 10.1. The topological polar surface area (TPSA) is 29.1 Å². The van der Waals surface area contributed by atoms with Crippen LogP contribution in [0.4, 0.5) is 0 Å². The molecule has 0 bridgehead atoms. The van der Waals surface area contributed by atoms with Crippen molar-refractivity contribution in [3.63, 3.8) is 0 Å². The fourth-order valence-electron chi connectivity index (χ4n) is 2.49. The van der Waals surface area contributed by atoms with Crippen LogP contribution < -0.4 is 5.32 Å². The second-order valence-corrected chi connectivity index (χ2v) is 6.79.